The van der Waals surface area contributed by atoms with Crippen LogP contribution < -0.4 is 0 Å². The maximum absolute atomic E-state index is 12.5. The molecule has 0 spiro atoms. The van der Waals surface area contributed by atoms with Crippen molar-refractivity contribution in [2.75, 3.05) is 19.8 Å². The normalized spacial score (nSPS) is 9.82. The lowest BCUT2D eigenvalue weighted by atomic mass is 10.0. The number of hydrogen-bond acceptors (Lipinski definition) is 12. The highest BCUT2D eigenvalue weighted by atomic mass is 35.5. The number of benzene rings is 4. The Morgan fingerprint density at radius 3 is 1.45 bits per heavy atom. The van der Waals surface area contributed by atoms with Crippen LogP contribution in [-0.2, 0) is 65.8 Å². The lowest BCUT2D eigenvalue weighted by Crippen LogP contribution is -2.16. The topological polar surface area (TPSA) is 192 Å². The molecule has 2 aromatic heterocycles. The zero-order chi connectivity index (χ0) is 54.2. The molecule has 2 heterocycles. The minimum atomic E-state index is -0.711. The summed E-state index contributed by atoms with van der Waals surface area (Å²) in [6.45, 7) is 12.5. The molecule has 0 amide bonds. The molecule has 0 unspecified atom stereocenters. The molecule has 0 saturated heterocycles. The standard InChI is InChI=1S/C31H30N2O6.C25H24N2O3.C3H3ClO/c1-6-23-20-22(11-10-21-12-16-25(17-13-21)29(34)37-7-2)14-15-24(23)18-19-26-32-27(30(35)38-8-3)28(33(26)5)31(36)39-9-4;1-3-21-14-19(7-4-18-5-8-20(15-28)9-6-18)10-11-22(21)12-13-25-26-23(16-29)24(17-30)27(25)2;1-2-3(4)5/h12-17,20H,6-9H2,1-5H3;5-6,8-11,14,28-30H,3,15-17H2,1-2H3;2H,1H2. The molecule has 380 valence electrons. The molecule has 0 aliphatic heterocycles. The number of rotatable bonds is 12. The van der Waals surface area contributed by atoms with Gasteiger partial charge in [0.2, 0.25) is 5.24 Å². The predicted molar refractivity (Wildman–Crippen MR) is 282 cm³/mol. The van der Waals surface area contributed by atoms with Gasteiger partial charge in [-0.25, -0.2) is 24.4 Å². The SMILES string of the molecule is C=CC(=O)Cl.CCOC(=O)c1ccc(C#Cc2ccc(C#Cc3nc(C(=O)OCC)c(C(=O)OCC)n3C)c(CC)c2)cc1.CCc1cc(C#Cc2ccc(CO)cc2)ccc1C#Cc1nc(CO)c(CO)n1C. The van der Waals surface area contributed by atoms with Gasteiger partial charge in [-0.3, -0.25) is 4.79 Å². The minimum Gasteiger partial charge on any atom is -0.462 e. The van der Waals surface area contributed by atoms with Crippen molar-refractivity contribution >= 4 is 34.8 Å². The van der Waals surface area contributed by atoms with E-state index in [1.807, 2.05) is 67.6 Å². The molecule has 6 rings (SSSR count). The van der Waals surface area contributed by atoms with Gasteiger partial charge in [0.15, 0.2) is 23.0 Å². The largest absolute Gasteiger partial charge is 0.462 e. The number of ether oxygens (including phenoxy) is 3. The first kappa shape index (κ1) is 58.1. The fourth-order valence-electron chi connectivity index (χ4n) is 6.71. The molecule has 14 nitrogen and oxygen atoms in total. The van der Waals surface area contributed by atoms with Gasteiger partial charge in [0.05, 0.1) is 56.6 Å². The molecular weight excluding hydrogens is 960 g/mol. The van der Waals surface area contributed by atoms with Crippen LogP contribution in [0.5, 0.6) is 0 Å². The fourth-order valence-corrected chi connectivity index (χ4v) is 6.71. The van der Waals surface area contributed by atoms with Crippen LogP contribution >= 0.6 is 11.6 Å². The predicted octanol–water partition coefficient (Wildman–Crippen LogP) is 7.51. The lowest BCUT2D eigenvalue weighted by molar-refractivity contribution is -0.107. The quantitative estimate of drug-likeness (QED) is 0.0360. The number of halogens is 1. The Balaban J connectivity index is 0.000000301. The maximum atomic E-state index is 12.5. The summed E-state index contributed by atoms with van der Waals surface area (Å²) in [5.41, 5.74) is 9.36. The minimum absolute atomic E-state index is 0.00349. The van der Waals surface area contributed by atoms with Crippen LogP contribution in [0.3, 0.4) is 0 Å². The van der Waals surface area contributed by atoms with Gasteiger partial charge < -0.3 is 38.7 Å². The van der Waals surface area contributed by atoms with Crippen molar-refractivity contribution < 1.29 is 48.7 Å². The number of aliphatic hydroxyl groups excluding tert-OH is 3. The summed E-state index contributed by atoms with van der Waals surface area (Å²) in [7, 11) is 3.37. The Morgan fingerprint density at radius 1 is 0.568 bits per heavy atom. The number of hydrogen-bond donors (Lipinski definition) is 3. The molecule has 4 aromatic carbocycles. The number of carbonyl (C=O) groups excluding carboxylic acids is 4. The molecule has 0 aliphatic rings. The van der Waals surface area contributed by atoms with Crippen LogP contribution in [0.1, 0.15) is 139 Å². The van der Waals surface area contributed by atoms with Gasteiger partial charge in [0, 0.05) is 47.5 Å². The Bertz CT molecular complexity index is 3230. The Morgan fingerprint density at radius 2 is 1.01 bits per heavy atom. The zero-order valence-electron chi connectivity index (χ0n) is 42.4. The molecule has 0 fully saturated rings. The number of carbonyl (C=O) groups is 4. The van der Waals surface area contributed by atoms with Crippen molar-refractivity contribution in [1.29, 1.82) is 0 Å². The third-order valence-electron chi connectivity index (χ3n) is 10.6. The molecular formula is C59H57ClN4O10. The second kappa shape index (κ2) is 29.8. The van der Waals surface area contributed by atoms with E-state index in [2.05, 4.69) is 70.8 Å². The third kappa shape index (κ3) is 16.5. The zero-order valence-corrected chi connectivity index (χ0v) is 43.1. The second-order valence-electron chi connectivity index (χ2n) is 15.4. The highest BCUT2D eigenvalue weighted by Crippen LogP contribution is 2.17. The van der Waals surface area contributed by atoms with Crippen LogP contribution in [0.15, 0.2) is 97.6 Å². The van der Waals surface area contributed by atoms with Gasteiger partial charge in [-0.1, -0.05) is 68.1 Å². The molecule has 6 aromatic rings. The summed E-state index contributed by atoms with van der Waals surface area (Å²) in [5.74, 6) is 23.8. The van der Waals surface area contributed by atoms with Crippen molar-refractivity contribution in [1.82, 2.24) is 19.1 Å². The number of imidazole rings is 2. The number of aliphatic hydroxyl groups is 3. The molecule has 74 heavy (non-hydrogen) atoms. The van der Waals surface area contributed by atoms with E-state index in [1.165, 1.54) is 4.57 Å². The first-order valence-electron chi connectivity index (χ1n) is 23.5. The van der Waals surface area contributed by atoms with E-state index in [4.69, 9.17) is 30.9 Å². The fraction of sp³-hybridized carbons (Fsp3) is 0.254. The van der Waals surface area contributed by atoms with E-state index in [9.17, 15) is 29.4 Å². The summed E-state index contributed by atoms with van der Waals surface area (Å²) in [6, 6.07) is 26.1. The maximum Gasteiger partial charge on any atom is 0.359 e. The molecule has 15 heteroatoms. The van der Waals surface area contributed by atoms with Crippen molar-refractivity contribution in [2.45, 2.75) is 67.3 Å². The van der Waals surface area contributed by atoms with E-state index in [1.54, 1.807) is 63.7 Å². The molecule has 0 bridgehead atoms. The van der Waals surface area contributed by atoms with E-state index in [-0.39, 0.29) is 56.2 Å². The van der Waals surface area contributed by atoms with Crippen molar-refractivity contribution in [3.8, 4) is 47.4 Å². The van der Waals surface area contributed by atoms with E-state index in [0.717, 1.165) is 69.0 Å². The van der Waals surface area contributed by atoms with Crippen LogP contribution in [0, 0.1) is 47.4 Å². The molecule has 0 atom stereocenters. The van der Waals surface area contributed by atoms with Gasteiger partial charge >= 0.3 is 17.9 Å². The number of aryl methyl sites for hydroxylation is 2. The summed E-state index contributed by atoms with van der Waals surface area (Å²) in [5, 5.41) is 27.4. The summed E-state index contributed by atoms with van der Waals surface area (Å²) in [4.78, 5) is 54.7. The number of esters is 3. The summed E-state index contributed by atoms with van der Waals surface area (Å²) < 4.78 is 18.3. The average molecular weight is 1020 g/mol. The van der Waals surface area contributed by atoms with Gasteiger partial charge in [0.25, 0.3) is 0 Å². The summed E-state index contributed by atoms with van der Waals surface area (Å²) in [6.07, 6.45) is 2.58. The average Bonchev–Trinajstić information content (AvgIpc) is 3.93. The van der Waals surface area contributed by atoms with E-state index < -0.39 is 17.2 Å². The first-order chi connectivity index (χ1) is 35.7. The molecule has 3 N–H and O–H groups in total. The van der Waals surface area contributed by atoms with Crippen molar-refractivity contribution in [3.63, 3.8) is 0 Å². The van der Waals surface area contributed by atoms with Gasteiger partial charge in [-0.05, 0) is 153 Å². The Labute approximate surface area is 437 Å². The highest BCUT2D eigenvalue weighted by molar-refractivity contribution is 6.66. The monoisotopic (exact) mass is 1020 g/mol. The smallest absolute Gasteiger partial charge is 0.359 e. The van der Waals surface area contributed by atoms with Crippen LogP contribution in [-0.4, -0.2) is 77.4 Å². The van der Waals surface area contributed by atoms with E-state index in [0.29, 0.717) is 29.4 Å². The number of aromatic nitrogens is 4. The van der Waals surface area contributed by atoms with Crippen LogP contribution in [0.25, 0.3) is 0 Å². The van der Waals surface area contributed by atoms with Gasteiger partial charge in [-0.15, -0.1) is 0 Å². The molecule has 0 radical (unpaired) electrons. The van der Waals surface area contributed by atoms with Crippen LogP contribution in [0.4, 0.5) is 0 Å². The highest BCUT2D eigenvalue weighted by Gasteiger charge is 2.27. The number of nitrogens with zero attached hydrogens (tertiary/aromatic N) is 4. The second-order valence-corrected chi connectivity index (χ2v) is 15.8. The Kier molecular flexibility index (Phi) is 23.4. The first-order valence-corrected chi connectivity index (χ1v) is 23.9. The Hall–Kier alpha value is -8.47. The molecule has 0 aliphatic carbocycles. The van der Waals surface area contributed by atoms with Crippen molar-refractivity contribution in [2.24, 2.45) is 14.1 Å². The van der Waals surface area contributed by atoms with Gasteiger partial charge in [0.1, 0.15) is 0 Å². The number of allylic oxidation sites excluding steroid dienone is 1. The van der Waals surface area contributed by atoms with E-state index >= 15 is 0 Å². The van der Waals surface area contributed by atoms with Crippen molar-refractivity contribution in [3.05, 3.63) is 188 Å². The third-order valence-corrected chi connectivity index (χ3v) is 10.8. The summed E-state index contributed by atoms with van der Waals surface area (Å²) >= 11 is 4.71. The van der Waals surface area contributed by atoms with Gasteiger partial charge in [-0.2, -0.15) is 0 Å². The molecule has 0 saturated carbocycles. The van der Waals surface area contributed by atoms with Crippen LogP contribution in [0.2, 0.25) is 0 Å². The lowest BCUT2D eigenvalue weighted by Gasteiger charge is -2.05.